The Bertz CT molecular complexity index is 332. The van der Waals surface area contributed by atoms with Gasteiger partial charge in [0.1, 0.15) is 0 Å². The lowest BCUT2D eigenvalue weighted by atomic mass is 9.80. The van der Waals surface area contributed by atoms with Crippen molar-refractivity contribution in [3.8, 4) is 0 Å². The Labute approximate surface area is 115 Å². The average Bonchev–Trinajstić information content (AvgIpc) is 2.75. The van der Waals surface area contributed by atoms with Crippen molar-refractivity contribution in [2.24, 2.45) is 28.9 Å². The van der Waals surface area contributed by atoms with Gasteiger partial charge in [-0.1, -0.05) is 20.8 Å². The number of likely N-dealkylation sites (tertiary alicyclic amines) is 1. The lowest BCUT2D eigenvalue weighted by Gasteiger charge is -2.35. The normalized spacial score (nSPS) is 39.6. The van der Waals surface area contributed by atoms with Crippen LogP contribution in [0.2, 0.25) is 0 Å². The van der Waals surface area contributed by atoms with E-state index in [9.17, 15) is 4.79 Å². The van der Waals surface area contributed by atoms with Crippen LogP contribution in [0.4, 0.5) is 0 Å². The van der Waals surface area contributed by atoms with E-state index in [0.29, 0.717) is 42.6 Å². The molecule has 0 radical (unpaired) electrons. The van der Waals surface area contributed by atoms with Crippen molar-refractivity contribution in [3.05, 3.63) is 0 Å². The van der Waals surface area contributed by atoms with E-state index in [1.807, 2.05) is 0 Å². The summed E-state index contributed by atoms with van der Waals surface area (Å²) in [5.74, 6) is 2.12. The third-order valence-electron chi connectivity index (χ3n) is 4.92. The highest BCUT2D eigenvalue weighted by molar-refractivity contribution is 6.18. The molecule has 1 heterocycles. The number of carbonyl (C=O) groups excluding carboxylic acids is 1. The van der Waals surface area contributed by atoms with Gasteiger partial charge in [0.25, 0.3) is 0 Å². The fraction of sp³-hybridized carbons (Fsp3) is 0.929. The molecule has 2 N–H and O–H groups in total. The number of hydrogen-bond acceptors (Lipinski definition) is 2. The van der Waals surface area contributed by atoms with Crippen molar-refractivity contribution < 1.29 is 4.79 Å². The van der Waals surface area contributed by atoms with Gasteiger partial charge >= 0.3 is 0 Å². The van der Waals surface area contributed by atoms with Gasteiger partial charge in [-0.15, -0.1) is 11.6 Å². The summed E-state index contributed by atoms with van der Waals surface area (Å²) in [5, 5.41) is 0. The first-order chi connectivity index (χ1) is 8.40. The predicted octanol–water partition coefficient (Wildman–Crippen LogP) is 2.08. The summed E-state index contributed by atoms with van der Waals surface area (Å²) in [6, 6.07) is 0.311. The van der Waals surface area contributed by atoms with Gasteiger partial charge in [-0.25, -0.2) is 0 Å². The lowest BCUT2D eigenvalue weighted by Crippen LogP contribution is -2.46. The zero-order valence-electron chi connectivity index (χ0n) is 11.7. The molecular weight excluding hydrogens is 248 g/mol. The smallest absolute Gasteiger partial charge is 0.223 e. The van der Waals surface area contributed by atoms with Crippen molar-refractivity contribution in [2.75, 3.05) is 19.0 Å². The molecule has 4 unspecified atom stereocenters. The van der Waals surface area contributed by atoms with Crippen LogP contribution >= 0.6 is 11.6 Å². The van der Waals surface area contributed by atoms with E-state index >= 15 is 0 Å². The van der Waals surface area contributed by atoms with Crippen LogP contribution in [0.1, 0.15) is 33.6 Å². The molecular formula is C14H25ClN2O. The van der Waals surface area contributed by atoms with E-state index < -0.39 is 0 Å². The monoisotopic (exact) mass is 272 g/mol. The first kappa shape index (κ1) is 14.1. The number of halogens is 1. The van der Waals surface area contributed by atoms with E-state index in [0.717, 1.165) is 13.0 Å². The highest BCUT2D eigenvalue weighted by Gasteiger charge is 2.50. The fourth-order valence-electron chi connectivity index (χ4n) is 4.14. The van der Waals surface area contributed by atoms with Crippen LogP contribution in [-0.2, 0) is 4.79 Å². The first-order valence-corrected chi connectivity index (χ1v) is 7.49. The second kappa shape index (κ2) is 5.01. The highest BCUT2D eigenvalue weighted by atomic mass is 35.5. The Morgan fingerprint density at radius 2 is 2.17 bits per heavy atom. The second-order valence-electron chi connectivity index (χ2n) is 6.77. The van der Waals surface area contributed by atoms with Gasteiger partial charge in [0.2, 0.25) is 5.91 Å². The molecule has 2 fully saturated rings. The number of hydrogen-bond donors (Lipinski definition) is 1. The summed E-state index contributed by atoms with van der Waals surface area (Å²) in [5.41, 5.74) is 6.21. The minimum Gasteiger partial charge on any atom is -0.339 e. The minimum absolute atomic E-state index is 0.234. The molecule has 1 aliphatic carbocycles. The number of nitrogens with two attached hydrogens (primary N) is 1. The molecule has 1 amide bonds. The first-order valence-electron chi connectivity index (χ1n) is 6.96. The molecule has 0 aromatic rings. The summed E-state index contributed by atoms with van der Waals surface area (Å²) in [6.45, 7) is 8.30. The van der Waals surface area contributed by atoms with E-state index in [4.69, 9.17) is 17.3 Å². The van der Waals surface area contributed by atoms with Gasteiger partial charge < -0.3 is 10.6 Å². The third-order valence-corrected chi connectivity index (χ3v) is 5.35. The van der Waals surface area contributed by atoms with E-state index in [2.05, 4.69) is 25.7 Å². The van der Waals surface area contributed by atoms with E-state index in [1.165, 1.54) is 0 Å². The number of nitrogens with zero attached hydrogens (tertiary/aromatic N) is 1. The molecule has 104 valence electrons. The topological polar surface area (TPSA) is 46.3 Å². The summed E-state index contributed by atoms with van der Waals surface area (Å²) < 4.78 is 0. The van der Waals surface area contributed by atoms with Crippen molar-refractivity contribution in [1.82, 2.24) is 4.90 Å². The Hall–Kier alpha value is -0.280. The van der Waals surface area contributed by atoms with Gasteiger partial charge in [0.05, 0.1) is 0 Å². The Morgan fingerprint density at radius 3 is 2.67 bits per heavy atom. The molecule has 4 atom stereocenters. The predicted molar refractivity (Wildman–Crippen MR) is 74.4 cm³/mol. The number of amides is 1. The summed E-state index contributed by atoms with van der Waals surface area (Å²) in [6.07, 6.45) is 1.76. The summed E-state index contributed by atoms with van der Waals surface area (Å²) >= 11 is 5.90. The molecule has 2 aliphatic rings. The minimum atomic E-state index is 0.234. The summed E-state index contributed by atoms with van der Waals surface area (Å²) in [7, 11) is 0. The van der Waals surface area contributed by atoms with Crippen LogP contribution in [-0.4, -0.2) is 35.8 Å². The molecule has 1 aliphatic heterocycles. The van der Waals surface area contributed by atoms with Gasteiger partial charge in [0, 0.05) is 24.9 Å². The van der Waals surface area contributed by atoms with Crippen LogP contribution in [0.3, 0.4) is 0 Å². The number of alkyl halides is 1. The van der Waals surface area contributed by atoms with Crippen LogP contribution < -0.4 is 5.73 Å². The molecule has 0 aromatic carbocycles. The van der Waals surface area contributed by atoms with Crippen molar-refractivity contribution in [3.63, 3.8) is 0 Å². The maximum Gasteiger partial charge on any atom is 0.223 e. The zero-order valence-corrected chi connectivity index (χ0v) is 12.4. The maximum absolute atomic E-state index is 12.2. The number of rotatable bonds is 3. The zero-order chi connectivity index (χ0) is 13.5. The quantitative estimate of drug-likeness (QED) is 0.800. The molecule has 1 saturated carbocycles. The number of carbonyl (C=O) groups is 1. The van der Waals surface area contributed by atoms with Gasteiger partial charge in [-0.3, -0.25) is 4.79 Å². The average molecular weight is 273 g/mol. The van der Waals surface area contributed by atoms with Gasteiger partial charge in [-0.05, 0) is 36.1 Å². The maximum atomic E-state index is 12.2. The fourth-order valence-corrected chi connectivity index (χ4v) is 4.35. The van der Waals surface area contributed by atoms with E-state index in [1.54, 1.807) is 0 Å². The Morgan fingerprint density at radius 1 is 1.50 bits per heavy atom. The molecule has 0 aromatic heterocycles. The molecule has 4 heteroatoms. The van der Waals surface area contributed by atoms with Gasteiger partial charge in [-0.2, -0.15) is 0 Å². The lowest BCUT2D eigenvalue weighted by molar-refractivity contribution is -0.131. The SMILES string of the molecule is CC1CC(C)(C)C(CN)C1N1CC(CCl)CC1=O. The largest absolute Gasteiger partial charge is 0.339 e. The van der Waals surface area contributed by atoms with Crippen LogP contribution in [0, 0.1) is 23.2 Å². The van der Waals surface area contributed by atoms with Crippen molar-refractivity contribution >= 4 is 17.5 Å². The van der Waals surface area contributed by atoms with Crippen LogP contribution in [0.5, 0.6) is 0 Å². The molecule has 3 nitrogen and oxygen atoms in total. The standard InChI is InChI=1S/C14H25ClN2O/c1-9-5-14(2,3)11(7-16)13(9)17-8-10(6-15)4-12(17)18/h9-11,13H,4-8,16H2,1-3H3. The molecule has 2 rings (SSSR count). The van der Waals surface area contributed by atoms with Crippen LogP contribution in [0.25, 0.3) is 0 Å². The highest BCUT2D eigenvalue weighted by Crippen LogP contribution is 2.48. The Kier molecular flexibility index (Phi) is 3.93. The van der Waals surface area contributed by atoms with E-state index in [-0.39, 0.29) is 11.3 Å². The van der Waals surface area contributed by atoms with Crippen LogP contribution in [0.15, 0.2) is 0 Å². The molecule has 18 heavy (non-hydrogen) atoms. The summed E-state index contributed by atoms with van der Waals surface area (Å²) in [4.78, 5) is 14.2. The Balaban J connectivity index is 2.19. The second-order valence-corrected chi connectivity index (χ2v) is 7.08. The molecule has 0 spiro atoms. The van der Waals surface area contributed by atoms with Gasteiger partial charge in [0.15, 0.2) is 0 Å². The molecule has 0 bridgehead atoms. The van der Waals surface area contributed by atoms with Crippen molar-refractivity contribution in [2.45, 2.75) is 39.7 Å². The molecule has 1 saturated heterocycles. The van der Waals surface area contributed by atoms with Crippen molar-refractivity contribution in [1.29, 1.82) is 0 Å². The third kappa shape index (κ3) is 2.27.